The maximum atomic E-state index is 11.5. The van der Waals surface area contributed by atoms with Gasteiger partial charge in [0.15, 0.2) is 0 Å². The maximum absolute atomic E-state index is 11.5. The fraction of sp³-hybridized carbons (Fsp3) is 0.727. The van der Waals surface area contributed by atoms with Gasteiger partial charge in [-0.2, -0.15) is 0 Å². The minimum atomic E-state index is -0.615. The van der Waals surface area contributed by atoms with Crippen LogP contribution in [0.15, 0.2) is 6.20 Å². The van der Waals surface area contributed by atoms with Crippen LogP contribution in [0.1, 0.15) is 45.7 Å². The summed E-state index contributed by atoms with van der Waals surface area (Å²) in [6, 6.07) is 0. The van der Waals surface area contributed by atoms with Gasteiger partial charge < -0.3 is 5.73 Å². The highest BCUT2D eigenvalue weighted by Gasteiger charge is 2.46. The van der Waals surface area contributed by atoms with E-state index >= 15 is 0 Å². The van der Waals surface area contributed by atoms with Crippen molar-refractivity contribution in [1.29, 1.82) is 0 Å². The Bertz CT molecular complexity index is 412. The Morgan fingerprint density at radius 2 is 2.12 bits per heavy atom. The summed E-state index contributed by atoms with van der Waals surface area (Å²) in [5, 5.41) is 8.19. The summed E-state index contributed by atoms with van der Waals surface area (Å²) in [5.41, 5.74) is 5.68. The third-order valence-electron chi connectivity index (χ3n) is 3.34. The van der Waals surface area contributed by atoms with Crippen LogP contribution in [0.5, 0.6) is 0 Å². The predicted octanol–water partition coefficient (Wildman–Crippen LogP) is 0.940. The molecule has 16 heavy (non-hydrogen) atoms. The summed E-state index contributed by atoms with van der Waals surface area (Å²) in [6.07, 6.45) is 4.42. The first-order valence-electron chi connectivity index (χ1n) is 5.59. The van der Waals surface area contributed by atoms with Gasteiger partial charge in [0.25, 0.3) is 0 Å². The van der Waals surface area contributed by atoms with Gasteiger partial charge in [-0.05, 0) is 19.3 Å². The molecule has 0 aliphatic heterocycles. The summed E-state index contributed by atoms with van der Waals surface area (Å²) in [5.74, 6) is -0.302. The van der Waals surface area contributed by atoms with Crippen LogP contribution in [-0.4, -0.2) is 20.9 Å². The number of carbonyl (C=O) groups is 1. The van der Waals surface area contributed by atoms with Gasteiger partial charge in [-0.15, -0.1) is 5.10 Å². The highest BCUT2D eigenvalue weighted by molar-refractivity contribution is 5.83. The van der Waals surface area contributed by atoms with Crippen LogP contribution < -0.4 is 5.73 Å². The first kappa shape index (κ1) is 11.1. The van der Waals surface area contributed by atoms with Crippen molar-refractivity contribution < 1.29 is 4.79 Å². The van der Waals surface area contributed by atoms with Crippen LogP contribution in [0.3, 0.4) is 0 Å². The first-order chi connectivity index (χ1) is 7.36. The molecular weight excluding hydrogens is 204 g/mol. The smallest absolute Gasteiger partial charge is 0.245 e. The van der Waals surface area contributed by atoms with E-state index in [0.29, 0.717) is 0 Å². The van der Waals surface area contributed by atoms with Gasteiger partial charge in [-0.3, -0.25) is 4.79 Å². The van der Waals surface area contributed by atoms with Gasteiger partial charge in [-0.25, -0.2) is 4.68 Å². The molecule has 0 radical (unpaired) electrons. The molecular formula is C11H18N4O. The standard InChI is InChI=1S/C11H18N4O/c1-10(2,3)8-7-15(14-13-8)11(9(12)16)5-4-6-11/h7H,4-6H2,1-3H3,(H2,12,16). The van der Waals surface area contributed by atoms with E-state index in [9.17, 15) is 4.79 Å². The average molecular weight is 222 g/mol. The molecule has 1 saturated carbocycles. The van der Waals surface area contributed by atoms with Crippen LogP contribution >= 0.6 is 0 Å². The summed E-state index contributed by atoms with van der Waals surface area (Å²) in [7, 11) is 0. The predicted molar refractivity (Wildman–Crippen MR) is 59.7 cm³/mol. The van der Waals surface area contributed by atoms with Crippen LogP contribution in [0.4, 0.5) is 0 Å². The minimum Gasteiger partial charge on any atom is -0.368 e. The second-order valence-corrected chi connectivity index (χ2v) is 5.55. The highest BCUT2D eigenvalue weighted by atomic mass is 16.1. The van der Waals surface area contributed by atoms with Gasteiger partial charge >= 0.3 is 0 Å². The van der Waals surface area contributed by atoms with E-state index in [-0.39, 0.29) is 11.3 Å². The SMILES string of the molecule is CC(C)(C)c1cn(C2(C(N)=O)CCC2)nn1. The Morgan fingerprint density at radius 1 is 1.50 bits per heavy atom. The molecule has 0 unspecified atom stereocenters. The zero-order valence-corrected chi connectivity index (χ0v) is 10.0. The molecule has 2 rings (SSSR count). The number of hydrogen-bond donors (Lipinski definition) is 1. The van der Waals surface area contributed by atoms with Crippen LogP contribution in [0, 0.1) is 0 Å². The molecule has 5 nitrogen and oxygen atoms in total. The number of nitrogens with two attached hydrogens (primary N) is 1. The van der Waals surface area contributed by atoms with E-state index in [1.54, 1.807) is 4.68 Å². The number of aromatic nitrogens is 3. The molecule has 88 valence electrons. The molecule has 0 saturated heterocycles. The first-order valence-corrected chi connectivity index (χ1v) is 5.59. The monoisotopic (exact) mass is 222 g/mol. The number of rotatable bonds is 2. The molecule has 1 aromatic heterocycles. The van der Waals surface area contributed by atoms with E-state index in [1.807, 2.05) is 6.20 Å². The summed E-state index contributed by atoms with van der Waals surface area (Å²) >= 11 is 0. The summed E-state index contributed by atoms with van der Waals surface area (Å²) in [6.45, 7) is 6.21. The largest absolute Gasteiger partial charge is 0.368 e. The van der Waals surface area contributed by atoms with Gasteiger partial charge in [0.05, 0.1) is 11.9 Å². The van der Waals surface area contributed by atoms with Crippen molar-refractivity contribution in [3.63, 3.8) is 0 Å². The molecule has 1 aromatic rings. The Morgan fingerprint density at radius 3 is 2.44 bits per heavy atom. The van der Waals surface area contributed by atoms with E-state index in [1.165, 1.54) is 0 Å². The van der Waals surface area contributed by atoms with Crippen molar-refractivity contribution in [2.75, 3.05) is 0 Å². The third-order valence-corrected chi connectivity index (χ3v) is 3.34. The molecule has 0 aromatic carbocycles. The quantitative estimate of drug-likeness (QED) is 0.809. The normalized spacial score (nSPS) is 19.2. The molecule has 1 amide bonds. The van der Waals surface area contributed by atoms with E-state index in [0.717, 1.165) is 25.0 Å². The lowest BCUT2D eigenvalue weighted by Crippen LogP contribution is -2.51. The summed E-state index contributed by atoms with van der Waals surface area (Å²) in [4.78, 5) is 11.5. The van der Waals surface area contributed by atoms with Gasteiger partial charge in [0.2, 0.25) is 5.91 Å². The molecule has 1 heterocycles. The van der Waals surface area contributed by atoms with Crippen molar-refractivity contribution in [3.05, 3.63) is 11.9 Å². The van der Waals surface area contributed by atoms with Crippen molar-refractivity contribution in [2.24, 2.45) is 5.73 Å². The van der Waals surface area contributed by atoms with E-state index < -0.39 is 5.54 Å². The van der Waals surface area contributed by atoms with E-state index in [2.05, 4.69) is 31.1 Å². The molecule has 1 aliphatic carbocycles. The number of primary amides is 1. The van der Waals surface area contributed by atoms with Gasteiger partial charge in [0.1, 0.15) is 5.54 Å². The van der Waals surface area contributed by atoms with Crippen molar-refractivity contribution in [3.8, 4) is 0 Å². The lowest BCUT2D eigenvalue weighted by Gasteiger charge is -2.38. The lowest BCUT2D eigenvalue weighted by atomic mass is 9.76. The number of nitrogens with zero attached hydrogens (tertiary/aromatic N) is 3. The molecule has 1 aliphatic rings. The van der Waals surface area contributed by atoms with Crippen molar-refractivity contribution in [2.45, 2.75) is 51.0 Å². The van der Waals surface area contributed by atoms with Crippen molar-refractivity contribution in [1.82, 2.24) is 15.0 Å². The number of hydrogen-bond acceptors (Lipinski definition) is 3. The molecule has 5 heteroatoms. The molecule has 1 fully saturated rings. The van der Waals surface area contributed by atoms with Gasteiger partial charge in [0, 0.05) is 5.41 Å². The second-order valence-electron chi connectivity index (χ2n) is 5.55. The zero-order chi connectivity index (χ0) is 12.0. The van der Waals surface area contributed by atoms with Gasteiger partial charge in [-0.1, -0.05) is 26.0 Å². The summed E-state index contributed by atoms with van der Waals surface area (Å²) < 4.78 is 1.65. The lowest BCUT2D eigenvalue weighted by molar-refractivity contribution is -0.131. The van der Waals surface area contributed by atoms with Crippen LogP contribution in [0.25, 0.3) is 0 Å². The number of carbonyl (C=O) groups excluding carboxylic acids is 1. The molecule has 2 N–H and O–H groups in total. The van der Waals surface area contributed by atoms with E-state index in [4.69, 9.17) is 5.73 Å². The minimum absolute atomic E-state index is 0.0547. The Hall–Kier alpha value is -1.39. The molecule has 0 spiro atoms. The van der Waals surface area contributed by atoms with Crippen LogP contribution in [0.2, 0.25) is 0 Å². The highest BCUT2D eigenvalue weighted by Crippen LogP contribution is 2.38. The average Bonchev–Trinajstić information content (AvgIpc) is 2.48. The number of amides is 1. The Labute approximate surface area is 95.0 Å². The fourth-order valence-corrected chi connectivity index (χ4v) is 1.92. The molecule has 0 bridgehead atoms. The topological polar surface area (TPSA) is 73.8 Å². The fourth-order valence-electron chi connectivity index (χ4n) is 1.92. The molecule has 0 atom stereocenters. The maximum Gasteiger partial charge on any atom is 0.245 e. The van der Waals surface area contributed by atoms with Crippen molar-refractivity contribution >= 4 is 5.91 Å². The Kier molecular flexibility index (Phi) is 2.29. The third kappa shape index (κ3) is 1.50. The zero-order valence-electron chi connectivity index (χ0n) is 10.0. The Balaban J connectivity index is 2.35. The van der Waals surface area contributed by atoms with Crippen LogP contribution in [-0.2, 0) is 15.7 Å². The second kappa shape index (κ2) is 3.30.